The fraction of sp³-hybridized carbons (Fsp3) is 0.588. The zero-order chi connectivity index (χ0) is 14.8. The lowest BCUT2D eigenvalue weighted by molar-refractivity contribution is 0.261. The molecule has 0 aliphatic heterocycles. The summed E-state index contributed by atoms with van der Waals surface area (Å²) in [4.78, 5) is 0. The van der Waals surface area contributed by atoms with Crippen molar-refractivity contribution in [1.82, 2.24) is 0 Å². The summed E-state index contributed by atoms with van der Waals surface area (Å²) in [6, 6.07) is 3.89. The van der Waals surface area contributed by atoms with Gasteiger partial charge in [-0.1, -0.05) is 20.8 Å². The van der Waals surface area contributed by atoms with Crippen LogP contribution in [0.1, 0.15) is 45.6 Å². The van der Waals surface area contributed by atoms with Gasteiger partial charge in [-0.25, -0.2) is 0 Å². The highest BCUT2D eigenvalue weighted by Gasteiger charge is 2.15. The second-order valence-electron chi connectivity index (χ2n) is 4.66. The lowest BCUT2D eigenvalue weighted by atomic mass is 10.1. The molecule has 0 aliphatic carbocycles. The molecule has 0 saturated carbocycles. The van der Waals surface area contributed by atoms with Crippen molar-refractivity contribution in [3.05, 3.63) is 24.6 Å². The fourth-order valence-electron chi connectivity index (χ4n) is 1.86. The van der Waals surface area contributed by atoms with E-state index >= 15 is 0 Å². The first-order valence-electron chi connectivity index (χ1n) is 7.61. The minimum absolute atomic E-state index is 0.626. The van der Waals surface area contributed by atoms with Crippen molar-refractivity contribution in [3.8, 4) is 17.2 Å². The topological polar surface area (TPSA) is 27.7 Å². The normalized spacial score (nSPS) is 10.4. The first-order chi connectivity index (χ1) is 9.78. The lowest BCUT2D eigenvalue weighted by Gasteiger charge is -2.18. The Labute approximate surface area is 123 Å². The largest absolute Gasteiger partial charge is 0.493 e. The Morgan fingerprint density at radius 1 is 0.800 bits per heavy atom. The summed E-state index contributed by atoms with van der Waals surface area (Å²) in [5.74, 6) is 2.45. The lowest BCUT2D eigenvalue weighted by Crippen LogP contribution is -2.06. The maximum absolute atomic E-state index is 5.88. The molecule has 0 bridgehead atoms. The van der Waals surface area contributed by atoms with Crippen LogP contribution in [0.3, 0.4) is 0 Å². The Hall–Kier alpha value is -1.38. The molecule has 0 aromatic heterocycles. The summed E-state index contributed by atoms with van der Waals surface area (Å²) in [5.41, 5.74) is 1.00. The molecule has 3 heteroatoms. The second kappa shape index (κ2) is 9.51. The van der Waals surface area contributed by atoms with Crippen LogP contribution < -0.4 is 14.2 Å². The average Bonchev–Trinajstić information content (AvgIpc) is 2.48. The van der Waals surface area contributed by atoms with Crippen LogP contribution in [-0.2, 0) is 6.42 Å². The van der Waals surface area contributed by atoms with E-state index in [1.165, 1.54) is 0 Å². The summed E-state index contributed by atoms with van der Waals surface area (Å²) in [5, 5.41) is 0. The smallest absolute Gasteiger partial charge is 0.168 e. The number of hydrogen-bond acceptors (Lipinski definition) is 3. The Morgan fingerprint density at radius 3 is 1.85 bits per heavy atom. The molecule has 0 saturated heterocycles. The molecule has 0 heterocycles. The van der Waals surface area contributed by atoms with Crippen molar-refractivity contribution in [1.29, 1.82) is 0 Å². The maximum atomic E-state index is 5.88. The van der Waals surface area contributed by atoms with Gasteiger partial charge in [0.1, 0.15) is 5.75 Å². The van der Waals surface area contributed by atoms with Crippen LogP contribution in [-0.4, -0.2) is 19.8 Å². The molecule has 1 aromatic rings. The quantitative estimate of drug-likeness (QED) is 0.634. The van der Waals surface area contributed by atoms with Crippen LogP contribution in [0.4, 0.5) is 0 Å². The van der Waals surface area contributed by atoms with Crippen LogP contribution in [0.25, 0.3) is 0 Å². The summed E-state index contributed by atoms with van der Waals surface area (Å²) >= 11 is 0. The number of benzene rings is 1. The van der Waals surface area contributed by atoms with Gasteiger partial charge in [-0.3, -0.25) is 0 Å². The molecule has 0 atom stereocenters. The molecule has 0 spiro atoms. The van der Waals surface area contributed by atoms with Crippen molar-refractivity contribution in [2.45, 2.75) is 46.5 Å². The molecule has 0 amide bonds. The van der Waals surface area contributed by atoms with Crippen molar-refractivity contribution < 1.29 is 14.2 Å². The molecule has 0 unspecified atom stereocenters. The zero-order valence-electron chi connectivity index (χ0n) is 13.0. The fourth-order valence-corrected chi connectivity index (χ4v) is 1.86. The van der Waals surface area contributed by atoms with E-state index < -0.39 is 0 Å². The third kappa shape index (κ3) is 4.62. The molecule has 0 fully saturated rings. The van der Waals surface area contributed by atoms with E-state index in [2.05, 4.69) is 27.7 Å². The molecular formula is C17H27O3. The molecule has 0 N–H and O–H groups in total. The van der Waals surface area contributed by atoms with E-state index in [0.717, 1.165) is 42.1 Å². The Morgan fingerprint density at radius 2 is 1.30 bits per heavy atom. The summed E-state index contributed by atoms with van der Waals surface area (Å²) in [6.07, 6.45) is 3.54. The highest BCUT2D eigenvalue weighted by atomic mass is 16.5. The van der Waals surface area contributed by atoms with E-state index in [0.29, 0.717) is 26.2 Å². The Bertz CT molecular complexity index is 388. The standard InChI is InChI=1S/C17H27O3/c1-5-11-18-15-9-10-16(19-12-6-2)17(14(15)8-4)20-13-7-3/h9-10H,4-8,11-13H2,1-3H3. The third-order valence-electron chi connectivity index (χ3n) is 2.81. The van der Waals surface area contributed by atoms with Gasteiger partial charge in [0.15, 0.2) is 11.5 Å². The minimum Gasteiger partial charge on any atom is -0.493 e. The van der Waals surface area contributed by atoms with Gasteiger partial charge >= 0.3 is 0 Å². The van der Waals surface area contributed by atoms with Gasteiger partial charge in [0.2, 0.25) is 0 Å². The van der Waals surface area contributed by atoms with Crippen molar-refractivity contribution >= 4 is 0 Å². The zero-order valence-corrected chi connectivity index (χ0v) is 13.0. The van der Waals surface area contributed by atoms with Crippen molar-refractivity contribution in [3.63, 3.8) is 0 Å². The first kappa shape index (κ1) is 16.7. The minimum atomic E-state index is 0.626. The SMILES string of the molecule is [CH2]Cc1c(OCCC)ccc(OCCC)c1OCCC. The number of rotatable bonds is 10. The maximum Gasteiger partial charge on any atom is 0.168 e. The molecule has 0 aliphatic rings. The van der Waals surface area contributed by atoms with Gasteiger partial charge in [0.25, 0.3) is 0 Å². The Balaban J connectivity index is 3.05. The van der Waals surface area contributed by atoms with E-state index in [1.54, 1.807) is 0 Å². The molecule has 20 heavy (non-hydrogen) atoms. The second-order valence-corrected chi connectivity index (χ2v) is 4.66. The van der Waals surface area contributed by atoms with Gasteiger partial charge in [-0.2, -0.15) is 0 Å². The molecule has 113 valence electrons. The van der Waals surface area contributed by atoms with Gasteiger partial charge < -0.3 is 14.2 Å². The summed E-state index contributed by atoms with van der Waals surface area (Å²) < 4.78 is 17.4. The van der Waals surface area contributed by atoms with Crippen LogP contribution in [0.2, 0.25) is 0 Å². The van der Waals surface area contributed by atoms with Crippen LogP contribution in [0.5, 0.6) is 17.2 Å². The van der Waals surface area contributed by atoms with Gasteiger partial charge in [0.05, 0.1) is 19.8 Å². The molecular weight excluding hydrogens is 252 g/mol. The predicted molar refractivity (Wildman–Crippen MR) is 82.9 cm³/mol. The molecule has 3 nitrogen and oxygen atoms in total. The monoisotopic (exact) mass is 279 g/mol. The van der Waals surface area contributed by atoms with E-state index in [-0.39, 0.29) is 0 Å². The summed E-state index contributed by atoms with van der Waals surface area (Å²) in [7, 11) is 0. The van der Waals surface area contributed by atoms with Crippen LogP contribution >= 0.6 is 0 Å². The van der Waals surface area contributed by atoms with Crippen LogP contribution in [0.15, 0.2) is 12.1 Å². The van der Waals surface area contributed by atoms with Crippen molar-refractivity contribution in [2.24, 2.45) is 0 Å². The summed E-state index contributed by atoms with van der Waals surface area (Å²) in [6.45, 7) is 12.3. The first-order valence-corrected chi connectivity index (χ1v) is 7.61. The highest BCUT2D eigenvalue weighted by molar-refractivity contribution is 5.54. The van der Waals surface area contributed by atoms with Gasteiger partial charge in [-0.15, -0.1) is 0 Å². The Kier molecular flexibility index (Phi) is 7.93. The third-order valence-corrected chi connectivity index (χ3v) is 2.81. The number of ether oxygens (including phenoxy) is 3. The van der Waals surface area contributed by atoms with Gasteiger partial charge in [0, 0.05) is 5.56 Å². The van der Waals surface area contributed by atoms with Gasteiger partial charge in [-0.05, 0) is 44.7 Å². The molecule has 1 aromatic carbocycles. The molecule has 1 radical (unpaired) electrons. The van der Waals surface area contributed by atoms with E-state index in [4.69, 9.17) is 14.2 Å². The van der Waals surface area contributed by atoms with Crippen molar-refractivity contribution in [2.75, 3.05) is 19.8 Å². The molecule has 1 rings (SSSR count). The van der Waals surface area contributed by atoms with Crippen LogP contribution in [0, 0.1) is 6.92 Å². The highest BCUT2D eigenvalue weighted by Crippen LogP contribution is 2.38. The van der Waals surface area contributed by atoms with E-state index in [1.807, 2.05) is 12.1 Å². The number of hydrogen-bond donors (Lipinski definition) is 0. The average molecular weight is 279 g/mol. The van der Waals surface area contributed by atoms with E-state index in [9.17, 15) is 0 Å². The predicted octanol–water partition coefficient (Wildman–Crippen LogP) is 4.43.